The second-order valence-electron chi connectivity index (χ2n) is 3.73. The molecule has 0 unspecified atom stereocenters. The molecule has 1 aliphatic rings. The molecule has 0 saturated heterocycles. The van der Waals surface area contributed by atoms with Crippen molar-refractivity contribution in [2.75, 3.05) is 18.9 Å². The molecular weight excluding hydrogens is 260 g/mol. The van der Waals surface area contributed by atoms with Crippen LogP contribution in [0.2, 0.25) is 5.02 Å². The van der Waals surface area contributed by atoms with Gasteiger partial charge in [-0.25, -0.2) is 0 Å². The molecule has 0 spiro atoms. The zero-order chi connectivity index (χ0) is 12.7. The van der Waals surface area contributed by atoms with Crippen LogP contribution in [0, 0.1) is 0 Å². The summed E-state index contributed by atoms with van der Waals surface area (Å²) in [6.45, 7) is 0.812. The maximum atomic E-state index is 10.0. The van der Waals surface area contributed by atoms with Gasteiger partial charge in [0.05, 0.1) is 5.56 Å². The van der Waals surface area contributed by atoms with E-state index in [4.69, 9.17) is 31.3 Å². The van der Waals surface area contributed by atoms with Gasteiger partial charge in [0.2, 0.25) is 0 Å². The highest BCUT2D eigenvalue weighted by Crippen LogP contribution is 2.48. The number of ether oxygens (including phenoxy) is 2. The van der Waals surface area contributed by atoms with Gasteiger partial charge < -0.3 is 24.8 Å². The van der Waals surface area contributed by atoms with E-state index < -0.39 is 0 Å². The molecule has 0 radical (unpaired) electrons. The van der Waals surface area contributed by atoms with Gasteiger partial charge in [0, 0.05) is 6.07 Å². The van der Waals surface area contributed by atoms with Crippen molar-refractivity contribution in [3.63, 3.8) is 0 Å². The number of hydrogen-bond donors (Lipinski definition) is 2. The van der Waals surface area contributed by atoms with Crippen LogP contribution in [0.15, 0.2) is 16.7 Å². The van der Waals surface area contributed by atoms with Crippen molar-refractivity contribution in [1.29, 1.82) is 0 Å². The molecule has 0 saturated carbocycles. The number of benzene rings is 1. The first-order valence-electron chi connectivity index (χ1n) is 5.20. The second kappa shape index (κ2) is 3.99. The second-order valence-corrected chi connectivity index (χ2v) is 4.10. The Morgan fingerprint density at radius 2 is 2.06 bits per heavy atom. The highest BCUT2D eigenvalue weighted by molar-refractivity contribution is 6.34. The van der Waals surface area contributed by atoms with Crippen LogP contribution in [0.4, 0.5) is 5.82 Å². The van der Waals surface area contributed by atoms with Crippen LogP contribution in [0.1, 0.15) is 0 Å². The summed E-state index contributed by atoms with van der Waals surface area (Å²) in [6, 6.07) is 3.07. The minimum absolute atomic E-state index is 0.0807. The van der Waals surface area contributed by atoms with Crippen LogP contribution >= 0.6 is 11.6 Å². The van der Waals surface area contributed by atoms with Gasteiger partial charge in [0.1, 0.15) is 24.0 Å². The van der Waals surface area contributed by atoms with Crippen LogP contribution in [-0.4, -0.2) is 23.5 Å². The number of aromatic nitrogens is 1. The van der Waals surface area contributed by atoms with Crippen molar-refractivity contribution >= 4 is 17.4 Å². The molecule has 1 aliphatic heterocycles. The molecule has 0 fully saturated rings. The Labute approximate surface area is 107 Å². The quantitative estimate of drug-likeness (QED) is 0.823. The smallest absolute Gasteiger partial charge is 0.183 e. The number of aromatic hydroxyl groups is 1. The summed E-state index contributed by atoms with van der Waals surface area (Å²) < 4.78 is 15.7. The van der Waals surface area contributed by atoms with Crippen LogP contribution in [0.25, 0.3) is 11.3 Å². The molecule has 3 rings (SSSR count). The molecule has 0 bridgehead atoms. The normalized spacial score (nSPS) is 13.6. The maximum Gasteiger partial charge on any atom is 0.183 e. The topological polar surface area (TPSA) is 90.7 Å². The van der Waals surface area contributed by atoms with E-state index in [2.05, 4.69) is 5.16 Å². The molecule has 94 valence electrons. The van der Waals surface area contributed by atoms with Gasteiger partial charge in [-0.1, -0.05) is 16.8 Å². The molecule has 1 aromatic heterocycles. The molecule has 7 heteroatoms. The van der Waals surface area contributed by atoms with E-state index >= 15 is 0 Å². The predicted octanol–water partition coefficient (Wildman–Crippen LogP) is 2.05. The summed E-state index contributed by atoms with van der Waals surface area (Å²) in [7, 11) is 0. The number of anilines is 1. The van der Waals surface area contributed by atoms with Crippen molar-refractivity contribution in [3.05, 3.63) is 17.2 Å². The van der Waals surface area contributed by atoms with E-state index in [0.29, 0.717) is 36.0 Å². The zero-order valence-electron chi connectivity index (χ0n) is 9.14. The summed E-state index contributed by atoms with van der Waals surface area (Å²) in [5.41, 5.74) is 5.82. The molecule has 18 heavy (non-hydrogen) atoms. The van der Waals surface area contributed by atoms with Gasteiger partial charge in [0.15, 0.2) is 23.1 Å². The molecule has 3 N–H and O–H groups in total. The summed E-state index contributed by atoms with van der Waals surface area (Å²) in [4.78, 5) is 0. The monoisotopic (exact) mass is 268 g/mol. The SMILES string of the molecule is Nc1cc(-c2cc3c(c(Cl)c2O)OCCO3)on1. The van der Waals surface area contributed by atoms with Crippen molar-refractivity contribution in [3.8, 4) is 28.6 Å². The number of nitrogen functional groups attached to an aromatic ring is 1. The molecule has 0 aliphatic carbocycles. The Hall–Kier alpha value is -2.08. The minimum atomic E-state index is -0.155. The Morgan fingerprint density at radius 1 is 1.28 bits per heavy atom. The third-order valence-electron chi connectivity index (χ3n) is 2.54. The Kier molecular flexibility index (Phi) is 2.45. The van der Waals surface area contributed by atoms with Gasteiger partial charge in [-0.05, 0) is 6.07 Å². The molecular formula is C11H9ClN2O4. The van der Waals surface area contributed by atoms with E-state index in [1.54, 1.807) is 6.07 Å². The fourth-order valence-electron chi connectivity index (χ4n) is 1.74. The molecule has 0 atom stereocenters. The highest BCUT2D eigenvalue weighted by atomic mass is 35.5. The van der Waals surface area contributed by atoms with Crippen LogP contribution < -0.4 is 15.2 Å². The first-order chi connectivity index (χ1) is 8.66. The van der Waals surface area contributed by atoms with E-state index in [0.717, 1.165) is 0 Å². The third-order valence-corrected chi connectivity index (χ3v) is 2.89. The van der Waals surface area contributed by atoms with Crippen molar-refractivity contribution < 1.29 is 19.1 Å². The Morgan fingerprint density at radius 3 is 2.78 bits per heavy atom. The lowest BCUT2D eigenvalue weighted by atomic mass is 10.1. The zero-order valence-corrected chi connectivity index (χ0v) is 9.90. The van der Waals surface area contributed by atoms with E-state index in [1.807, 2.05) is 0 Å². The lowest BCUT2D eigenvalue weighted by Gasteiger charge is -2.20. The lowest BCUT2D eigenvalue weighted by molar-refractivity contribution is 0.171. The summed E-state index contributed by atoms with van der Waals surface area (Å²) in [5.74, 6) is 1.15. The van der Waals surface area contributed by atoms with Crippen LogP contribution in [-0.2, 0) is 0 Å². The van der Waals surface area contributed by atoms with E-state index in [9.17, 15) is 5.11 Å². The number of fused-ring (bicyclic) bond motifs is 1. The molecule has 1 aromatic carbocycles. The Balaban J connectivity index is 2.18. The number of nitrogens with zero attached hydrogens (tertiary/aromatic N) is 1. The van der Waals surface area contributed by atoms with E-state index in [-0.39, 0.29) is 16.6 Å². The highest BCUT2D eigenvalue weighted by Gasteiger charge is 2.24. The molecule has 0 amide bonds. The third kappa shape index (κ3) is 1.62. The van der Waals surface area contributed by atoms with Gasteiger partial charge >= 0.3 is 0 Å². The van der Waals surface area contributed by atoms with Gasteiger partial charge in [-0.3, -0.25) is 0 Å². The number of nitrogens with two attached hydrogens (primary N) is 1. The van der Waals surface area contributed by atoms with Crippen molar-refractivity contribution in [2.45, 2.75) is 0 Å². The summed E-state index contributed by atoms with van der Waals surface area (Å²) in [6.07, 6.45) is 0. The number of phenolic OH excluding ortho intramolecular Hbond substituents is 1. The fourth-order valence-corrected chi connectivity index (χ4v) is 1.99. The number of halogens is 1. The molecule has 2 heterocycles. The van der Waals surface area contributed by atoms with Crippen molar-refractivity contribution in [1.82, 2.24) is 5.16 Å². The first kappa shape index (κ1) is 11.0. The van der Waals surface area contributed by atoms with Gasteiger partial charge in [0.25, 0.3) is 0 Å². The van der Waals surface area contributed by atoms with Crippen LogP contribution in [0.5, 0.6) is 17.2 Å². The maximum absolute atomic E-state index is 10.0. The van der Waals surface area contributed by atoms with Gasteiger partial charge in [-0.2, -0.15) is 0 Å². The van der Waals surface area contributed by atoms with Gasteiger partial charge in [-0.15, -0.1) is 0 Å². The largest absolute Gasteiger partial charge is 0.505 e. The molecule has 2 aromatic rings. The minimum Gasteiger partial charge on any atom is -0.505 e. The molecule has 6 nitrogen and oxygen atoms in total. The number of rotatable bonds is 1. The van der Waals surface area contributed by atoms with E-state index in [1.165, 1.54) is 6.07 Å². The van der Waals surface area contributed by atoms with Crippen molar-refractivity contribution in [2.24, 2.45) is 0 Å². The lowest BCUT2D eigenvalue weighted by Crippen LogP contribution is -2.15. The summed E-state index contributed by atoms with van der Waals surface area (Å²) in [5, 5.41) is 13.7. The fraction of sp³-hybridized carbons (Fsp3) is 0.182. The standard InChI is InChI=1S/C11H9ClN2O4/c12-9-10(15)5(6-4-8(13)14-18-6)3-7-11(9)17-2-1-16-7/h3-4,15H,1-2H2,(H2,13,14). The number of hydrogen-bond acceptors (Lipinski definition) is 6. The number of phenols is 1. The first-order valence-corrected chi connectivity index (χ1v) is 5.58. The Bertz CT molecular complexity index is 611. The summed E-state index contributed by atoms with van der Waals surface area (Å²) >= 11 is 6.02. The van der Waals surface area contributed by atoms with Crippen LogP contribution in [0.3, 0.4) is 0 Å². The average Bonchev–Trinajstić information content (AvgIpc) is 2.80. The predicted molar refractivity (Wildman–Crippen MR) is 64.0 cm³/mol. The average molecular weight is 269 g/mol.